The van der Waals surface area contributed by atoms with Crippen molar-refractivity contribution in [1.82, 2.24) is 14.3 Å². The van der Waals surface area contributed by atoms with Crippen LogP contribution in [0.3, 0.4) is 0 Å². The number of pyridine rings is 1. The van der Waals surface area contributed by atoms with E-state index in [1.54, 1.807) is 42.7 Å². The minimum atomic E-state index is -3.93. The molecule has 0 spiro atoms. The molecule has 40 heavy (non-hydrogen) atoms. The number of nitrogens with one attached hydrogen (secondary N) is 1. The molecule has 0 unspecified atom stereocenters. The molecule has 1 aliphatic rings. The van der Waals surface area contributed by atoms with Gasteiger partial charge in [0.1, 0.15) is 0 Å². The zero-order valence-electron chi connectivity index (χ0n) is 22.9. The van der Waals surface area contributed by atoms with Gasteiger partial charge in [-0.25, -0.2) is 17.4 Å². The Hall–Kier alpha value is -4.27. The van der Waals surface area contributed by atoms with Crippen LogP contribution in [-0.2, 0) is 23.1 Å². The molecule has 5 aromatic rings. The average Bonchev–Trinajstić information content (AvgIpc) is 3.55. The van der Waals surface area contributed by atoms with Crippen LogP contribution in [-0.4, -0.2) is 23.3 Å². The van der Waals surface area contributed by atoms with Gasteiger partial charge in [-0.1, -0.05) is 29.8 Å². The van der Waals surface area contributed by atoms with Gasteiger partial charge in [0.05, 0.1) is 4.90 Å². The first-order valence-corrected chi connectivity index (χ1v) is 14.6. The van der Waals surface area contributed by atoms with E-state index < -0.39 is 15.9 Å². The van der Waals surface area contributed by atoms with Gasteiger partial charge in [-0.3, -0.25) is 4.79 Å². The number of carbonyl (C=O) groups excluding carboxylic acids is 1. The van der Waals surface area contributed by atoms with Crippen molar-refractivity contribution in [3.8, 4) is 22.3 Å². The van der Waals surface area contributed by atoms with Crippen molar-refractivity contribution in [2.24, 2.45) is 5.73 Å². The Morgan fingerprint density at radius 2 is 1.65 bits per heavy atom. The first-order chi connectivity index (χ1) is 19.1. The van der Waals surface area contributed by atoms with Gasteiger partial charge in [0.2, 0.25) is 5.91 Å². The summed E-state index contributed by atoms with van der Waals surface area (Å²) in [7, 11) is -3.93. The average molecular weight is 551 g/mol. The summed E-state index contributed by atoms with van der Waals surface area (Å²) in [5, 5.41) is 4.12. The first kappa shape index (κ1) is 26.0. The van der Waals surface area contributed by atoms with Gasteiger partial charge < -0.3 is 11.1 Å². The van der Waals surface area contributed by atoms with Crippen LogP contribution in [0.2, 0.25) is 0 Å². The lowest BCUT2D eigenvalue weighted by Gasteiger charge is -2.12. The fraction of sp³-hybridized carbons (Fsp3) is 0.188. The van der Waals surface area contributed by atoms with Gasteiger partial charge in [0.15, 0.2) is 5.65 Å². The number of hydrogen-bond donors (Lipinski definition) is 2. The van der Waals surface area contributed by atoms with Crippen LogP contribution in [0.4, 0.5) is 0 Å². The van der Waals surface area contributed by atoms with Crippen LogP contribution in [0, 0.1) is 27.7 Å². The lowest BCUT2D eigenvalue weighted by atomic mass is 9.92. The molecule has 0 fully saturated rings. The number of aromatic nitrogens is 2. The number of fused-ring (bicyclic) bond motifs is 2. The maximum atomic E-state index is 13.9. The SMILES string of the molecule is Cc1ccc(S(=O)(=O)n2cc(-c3ccc(C(N)=O)c(C)c3C)c3cc(-c4cc(C)c5c(c4)CNC5)cnc32)cc1. The largest absolute Gasteiger partial charge is 0.366 e. The minimum Gasteiger partial charge on any atom is -0.366 e. The molecule has 1 aliphatic heterocycles. The van der Waals surface area contributed by atoms with E-state index in [2.05, 4.69) is 24.4 Å². The normalized spacial score (nSPS) is 13.1. The Morgan fingerprint density at radius 1 is 0.900 bits per heavy atom. The Bertz CT molecular complexity index is 1960. The predicted octanol–water partition coefficient (Wildman–Crippen LogP) is 5.54. The Morgan fingerprint density at radius 3 is 2.38 bits per heavy atom. The monoisotopic (exact) mass is 550 g/mol. The number of amides is 1. The highest BCUT2D eigenvalue weighted by atomic mass is 32.2. The van der Waals surface area contributed by atoms with Gasteiger partial charge in [-0.15, -0.1) is 0 Å². The summed E-state index contributed by atoms with van der Waals surface area (Å²) >= 11 is 0. The third-order valence-corrected chi connectivity index (χ3v) is 9.71. The van der Waals surface area contributed by atoms with Crippen molar-refractivity contribution in [2.45, 2.75) is 45.7 Å². The molecule has 3 N–H and O–H groups in total. The number of carbonyl (C=O) groups is 1. The molecular weight excluding hydrogens is 520 g/mol. The van der Waals surface area contributed by atoms with Crippen LogP contribution in [0.1, 0.15) is 43.7 Å². The van der Waals surface area contributed by atoms with E-state index in [0.717, 1.165) is 52.0 Å². The molecule has 7 nitrogen and oxygen atoms in total. The van der Waals surface area contributed by atoms with E-state index >= 15 is 0 Å². The van der Waals surface area contributed by atoms with Crippen LogP contribution in [0.25, 0.3) is 33.3 Å². The number of rotatable bonds is 5. The fourth-order valence-electron chi connectivity index (χ4n) is 5.63. The van der Waals surface area contributed by atoms with Crippen molar-refractivity contribution in [3.05, 3.63) is 106 Å². The third-order valence-electron chi connectivity index (χ3n) is 8.05. The minimum absolute atomic E-state index is 0.186. The number of hydrogen-bond acceptors (Lipinski definition) is 5. The summed E-state index contributed by atoms with van der Waals surface area (Å²) in [4.78, 5) is 16.9. The summed E-state index contributed by atoms with van der Waals surface area (Å²) in [5.41, 5.74) is 16.3. The highest BCUT2D eigenvalue weighted by Gasteiger charge is 2.25. The Labute approximate surface area is 233 Å². The molecule has 0 aliphatic carbocycles. The molecule has 0 bridgehead atoms. The maximum absolute atomic E-state index is 13.9. The predicted molar refractivity (Wildman–Crippen MR) is 158 cm³/mol. The highest BCUT2D eigenvalue weighted by molar-refractivity contribution is 7.90. The van der Waals surface area contributed by atoms with Crippen LogP contribution >= 0.6 is 0 Å². The van der Waals surface area contributed by atoms with Gasteiger partial charge in [-0.2, -0.15) is 0 Å². The van der Waals surface area contributed by atoms with Gasteiger partial charge >= 0.3 is 0 Å². The second-order valence-electron chi connectivity index (χ2n) is 10.6. The van der Waals surface area contributed by atoms with Crippen molar-refractivity contribution in [1.29, 1.82) is 0 Å². The highest BCUT2D eigenvalue weighted by Crippen LogP contribution is 2.38. The molecule has 0 saturated carbocycles. The number of nitrogens with two attached hydrogens (primary N) is 1. The quantitative estimate of drug-likeness (QED) is 0.299. The molecule has 3 aromatic carbocycles. The fourth-order valence-corrected chi connectivity index (χ4v) is 6.95. The third kappa shape index (κ3) is 4.11. The number of nitrogens with zero attached hydrogens (tertiary/aromatic N) is 2. The second kappa shape index (κ2) is 9.43. The molecule has 0 radical (unpaired) electrons. The Balaban J connectivity index is 1.61. The zero-order valence-corrected chi connectivity index (χ0v) is 23.7. The second-order valence-corrected chi connectivity index (χ2v) is 12.4. The topological polar surface area (TPSA) is 107 Å². The van der Waals surface area contributed by atoms with Crippen LogP contribution < -0.4 is 11.1 Å². The summed E-state index contributed by atoms with van der Waals surface area (Å²) in [6.07, 6.45) is 3.38. The summed E-state index contributed by atoms with van der Waals surface area (Å²) in [5.74, 6) is -0.498. The molecule has 2 aromatic heterocycles. The summed E-state index contributed by atoms with van der Waals surface area (Å²) in [6, 6.07) is 16.7. The van der Waals surface area contributed by atoms with E-state index in [1.165, 1.54) is 20.7 Å². The van der Waals surface area contributed by atoms with E-state index in [9.17, 15) is 13.2 Å². The van der Waals surface area contributed by atoms with Crippen molar-refractivity contribution in [3.63, 3.8) is 0 Å². The smallest absolute Gasteiger partial charge is 0.269 e. The molecular formula is C32H30N4O3S. The van der Waals surface area contributed by atoms with E-state index in [4.69, 9.17) is 10.7 Å². The van der Waals surface area contributed by atoms with Gasteiger partial charge in [-0.05, 0) is 97.0 Å². The summed E-state index contributed by atoms with van der Waals surface area (Å²) in [6.45, 7) is 9.49. The molecule has 3 heterocycles. The molecule has 202 valence electrons. The molecule has 8 heteroatoms. The lowest BCUT2D eigenvalue weighted by Crippen LogP contribution is -2.13. The molecule has 0 atom stereocenters. The Kier molecular flexibility index (Phi) is 6.12. The van der Waals surface area contributed by atoms with Crippen LogP contribution in [0.15, 0.2) is 71.9 Å². The van der Waals surface area contributed by atoms with Gasteiger partial charge in [0.25, 0.3) is 10.0 Å². The van der Waals surface area contributed by atoms with E-state index in [0.29, 0.717) is 16.6 Å². The maximum Gasteiger partial charge on any atom is 0.269 e. The molecule has 0 saturated heterocycles. The first-order valence-electron chi connectivity index (χ1n) is 13.1. The van der Waals surface area contributed by atoms with Crippen molar-refractivity contribution in [2.75, 3.05) is 0 Å². The number of aryl methyl sites for hydroxylation is 2. The number of benzene rings is 3. The lowest BCUT2D eigenvalue weighted by molar-refractivity contribution is 0.0999. The van der Waals surface area contributed by atoms with E-state index in [1.807, 2.05) is 32.9 Å². The van der Waals surface area contributed by atoms with Crippen LogP contribution in [0.5, 0.6) is 0 Å². The summed E-state index contributed by atoms with van der Waals surface area (Å²) < 4.78 is 29.0. The molecule has 6 rings (SSSR count). The van der Waals surface area contributed by atoms with Gasteiger partial charge in [0, 0.05) is 47.6 Å². The molecule has 1 amide bonds. The van der Waals surface area contributed by atoms with E-state index in [-0.39, 0.29) is 4.90 Å². The zero-order chi connectivity index (χ0) is 28.3. The number of primary amides is 1. The standard InChI is InChI=1S/C32H30N4O3S/c1-18-5-7-25(8-6-18)40(38,39)36-17-30(26-9-10-27(31(33)37)21(4)20(26)3)28-13-23(15-35-32(28)36)22-11-19(2)29-16-34-14-24(29)12-22/h5-13,15,17,34H,14,16H2,1-4H3,(H2,33,37). The van der Waals surface area contributed by atoms with Crippen molar-refractivity contribution >= 4 is 27.0 Å². The van der Waals surface area contributed by atoms with Crippen molar-refractivity contribution < 1.29 is 13.2 Å².